The molecule has 0 aromatic heterocycles. The van der Waals surface area contributed by atoms with Crippen LogP contribution in [0.5, 0.6) is 0 Å². The number of ether oxygens (including phenoxy) is 1. The van der Waals surface area contributed by atoms with E-state index in [2.05, 4.69) is 22.8 Å². The first kappa shape index (κ1) is 14.4. The fourth-order valence-corrected chi connectivity index (χ4v) is 2.11. The van der Waals surface area contributed by atoms with Gasteiger partial charge in [0.25, 0.3) is 0 Å². The van der Waals surface area contributed by atoms with Gasteiger partial charge in [-0.15, -0.1) is 0 Å². The van der Waals surface area contributed by atoms with Crippen LogP contribution in [0.15, 0.2) is 0 Å². The molecule has 1 heterocycles. The second-order valence-electron chi connectivity index (χ2n) is 4.88. The minimum Gasteiger partial charge on any atom is -0.379 e. The van der Waals surface area contributed by atoms with Crippen molar-refractivity contribution in [1.29, 1.82) is 5.26 Å². The third kappa shape index (κ3) is 6.02. The van der Waals surface area contributed by atoms with E-state index >= 15 is 0 Å². The van der Waals surface area contributed by atoms with Crippen molar-refractivity contribution in [3.63, 3.8) is 0 Å². The lowest BCUT2D eigenvalue weighted by molar-refractivity contribution is 0.0649. The lowest BCUT2D eigenvalue weighted by Gasteiger charge is -2.24. The first-order valence-corrected chi connectivity index (χ1v) is 6.61. The SMILES string of the molecule is CC(COCCN(C)CCC#N)N1CCCC1. The number of nitriles is 1. The van der Waals surface area contributed by atoms with Crippen molar-refractivity contribution in [2.75, 3.05) is 46.4 Å². The summed E-state index contributed by atoms with van der Waals surface area (Å²) >= 11 is 0. The van der Waals surface area contributed by atoms with Crippen LogP contribution in [0, 0.1) is 11.3 Å². The van der Waals surface area contributed by atoms with Gasteiger partial charge in [0.15, 0.2) is 0 Å². The van der Waals surface area contributed by atoms with Gasteiger partial charge in [0.05, 0.1) is 19.3 Å². The number of hydrogen-bond acceptors (Lipinski definition) is 4. The molecule has 1 saturated heterocycles. The van der Waals surface area contributed by atoms with Crippen LogP contribution < -0.4 is 0 Å². The molecule has 1 aliphatic heterocycles. The number of likely N-dealkylation sites (tertiary alicyclic amines) is 1. The van der Waals surface area contributed by atoms with Crippen LogP contribution in [0.4, 0.5) is 0 Å². The van der Waals surface area contributed by atoms with E-state index in [9.17, 15) is 0 Å². The van der Waals surface area contributed by atoms with Crippen LogP contribution in [0.25, 0.3) is 0 Å². The molecule has 1 atom stereocenters. The summed E-state index contributed by atoms with van der Waals surface area (Å²) in [6.45, 7) is 8.03. The van der Waals surface area contributed by atoms with Crippen LogP contribution in [-0.2, 0) is 4.74 Å². The van der Waals surface area contributed by atoms with Crippen LogP contribution in [0.2, 0.25) is 0 Å². The number of hydrogen-bond donors (Lipinski definition) is 0. The molecule has 0 aromatic carbocycles. The zero-order chi connectivity index (χ0) is 12.5. The summed E-state index contributed by atoms with van der Waals surface area (Å²) in [6, 6.07) is 2.70. The van der Waals surface area contributed by atoms with E-state index in [4.69, 9.17) is 10.00 Å². The maximum atomic E-state index is 8.47. The Kier molecular flexibility index (Phi) is 7.18. The Morgan fingerprint density at radius 2 is 2.06 bits per heavy atom. The quantitative estimate of drug-likeness (QED) is 0.599. The van der Waals surface area contributed by atoms with E-state index in [0.29, 0.717) is 12.5 Å². The minimum absolute atomic E-state index is 0.543. The molecule has 0 bridgehead atoms. The number of rotatable bonds is 8. The molecule has 0 aliphatic carbocycles. The van der Waals surface area contributed by atoms with Gasteiger partial charge in [0.2, 0.25) is 0 Å². The van der Waals surface area contributed by atoms with Crippen LogP contribution in [0.3, 0.4) is 0 Å². The highest BCUT2D eigenvalue weighted by Gasteiger charge is 2.17. The van der Waals surface area contributed by atoms with Gasteiger partial charge < -0.3 is 9.64 Å². The van der Waals surface area contributed by atoms with Gasteiger partial charge in [0, 0.05) is 25.6 Å². The summed E-state index contributed by atoms with van der Waals surface area (Å²) in [4.78, 5) is 4.64. The van der Waals surface area contributed by atoms with E-state index in [-0.39, 0.29) is 0 Å². The molecule has 17 heavy (non-hydrogen) atoms. The Hall–Kier alpha value is -0.630. The topological polar surface area (TPSA) is 39.5 Å². The average Bonchev–Trinajstić information content (AvgIpc) is 2.85. The van der Waals surface area contributed by atoms with Crippen molar-refractivity contribution in [3.8, 4) is 6.07 Å². The Morgan fingerprint density at radius 3 is 2.71 bits per heavy atom. The molecule has 0 amide bonds. The maximum absolute atomic E-state index is 8.47. The van der Waals surface area contributed by atoms with Crippen molar-refractivity contribution >= 4 is 0 Å². The van der Waals surface area contributed by atoms with Gasteiger partial charge in [-0.3, -0.25) is 4.90 Å². The first-order valence-electron chi connectivity index (χ1n) is 6.61. The van der Waals surface area contributed by atoms with E-state index < -0.39 is 0 Å². The van der Waals surface area contributed by atoms with Crippen molar-refractivity contribution in [1.82, 2.24) is 9.80 Å². The molecule has 0 aromatic rings. The second-order valence-corrected chi connectivity index (χ2v) is 4.88. The zero-order valence-corrected chi connectivity index (χ0v) is 11.2. The fraction of sp³-hybridized carbons (Fsp3) is 0.923. The highest BCUT2D eigenvalue weighted by Crippen LogP contribution is 2.11. The summed E-state index contributed by atoms with van der Waals surface area (Å²) in [6.07, 6.45) is 3.27. The maximum Gasteiger partial charge on any atom is 0.0635 e. The predicted octanol–water partition coefficient (Wildman–Crippen LogP) is 1.33. The highest BCUT2D eigenvalue weighted by atomic mass is 16.5. The number of likely N-dealkylation sites (N-methyl/N-ethyl adjacent to an activating group) is 1. The van der Waals surface area contributed by atoms with Gasteiger partial charge in [0.1, 0.15) is 0 Å². The van der Waals surface area contributed by atoms with Gasteiger partial charge in [-0.05, 0) is 39.9 Å². The molecule has 0 N–H and O–H groups in total. The first-order chi connectivity index (χ1) is 8.24. The number of nitrogens with zero attached hydrogens (tertiary/aromatic N) is 3. The fourth-order valence-electron chi connectivity index (χ4n) is 2.11. The summed E-state index contributed by atoms with van der Waals surface area (Å²) in [7, 11) is 2.03. The summed E-state index contributed by atoms with van der Waals surface area (Å²) in [5.74, 6) is 0. The van der Waals surface area contributed by atoms with Gasteiger partial charge in [-0.2, -0.15) is 5.26 Å². The molecule has 98 valence electrons. The molecule has 1 aliphatic rings. The minimum atomic E-state index is 0.543. The Morgan fingerprint density at radius 1 is 1.35 bits per heavy atom. The Bertz CT molecular complexity index is 233. The summed E-state index contributed by atoms with van der Waals surface area (Å²) in [5, 5.41) is 8.47. The highest BCUT2D eigenvalue weighted by molar-refractivity contribution is 4.73. The molecule has 1 unspecified atom stereocenters. The third-order valence-electron chi connectivity index (χ3n) is 3.35. The summed E-state index contributed by atoms with van der Waals surface area (Å²) in [5.41, 5.74) is 0. The molecule has 0 spiro atoms. The Labute approximate surface area is 105 Å². The molecule has 4 nitrogen and oxygen atoms in total. The molecule has 1 rings (SSSR count). The van der Waals surface area contributed by atoms with Crippen molar-refractivity contribution in [2.24, 2.45) is 0 Å². The van der Waals surface area contributed by atoms with Crippen LogP contribution >= 0.6 is 0 Å². The molecule has 1 fully saturated rings. The predicted molar refractivity (Wildman–Crippen MR) is 68.8 cm³/mol. The summed E-state index contributed by atoms with van der Waals surface area (Å²) < 4.78 is 5.69. The van der Waals surface area contributed by atoms with Crippen LogP contribution in [0.1, 0.15) is 26.2 Å². The van der Waals surface area contributed by atoms with E-state index in [1.165, 1.54) is 25.9 Å². The van der Waals surface area contributed by atoms with Gasteiger partial charge >= 0.3 is 0 Å². The van der Waals surface area contributed by atoms with Gasteiger partial charge in [-0.1, -0.05) is 0 Å². The van der Waals surface area contributed by atoms with Crippen LogP contribution in [-0.4, -0.2) is 62.3 Å². The van der Waals surface area contributed by atoms with Crippen molar-refractivity contribution < 1.29 is 4.74 Å². The zero-order valence-electron chi connectivity index (χ0n) is 11.2. The standard InChI is InChI=1S/C13H25N3O/c1-13(16-8-3-4-9-16)12-17-11-10-15(2)7-5-6-14/h13H,3-5,7-12H2,1-2H3. The average molecular weight is 239 g/mol. The monoisotopic (exact) mass is 239 g/mol. The second kappa shape index (κ2) is 8.46. The third-order valence-corrected chi connectivity index (χ3v) is 3.35. The molecular formula is C13H25N3O. The van der Waals surface area contributed by atoms with E-state index in [1.807, 2.05) is 7.05 Å². The molecule has 0 radical (unpaired) electrons. The molecular weight excluding hydrogens is 214 g/mol. The lowest BCUT2D eigenvalue weighted by Crippen LogP contribution is -2.34. The molecule has 4 heteroatoms. The normalized spacial score (nSPS) is 18.5. The van der Waals surface area contributed by atoms with E-state index in [0.717, 1.165) is 26.3 Å². The molecule has 0 saturated carbocycles. The lowest BCUT2D eigenvalue weighted by atomic mass is 10.3. The van der Waals surface area contributed by atoms with Gasteiger partial charge in [-0.25, -0.2) is 0 Å². The van der Waals surface area contributed by atoms with Crippen molar-refractivity contribution in [2.45, 2.75) is 32.2 Å². The Balaban J connectivity index is 1.97. The van der Waals surface area contributed by atoms with E-state index in [1.54, 1.807) is 0 Å². The van der Waals surface area contributed by atoms with Crippen molar-refractivity contribution in [3.05, 3.63) is 0 Å². The largest absolute Gasteiger partial charge is 0.379 e. The smallest absolute Gasteiger partial charge is 0.0635 e.